The number of nitrogens with one attached hydrogen (secondary N) is 1. The standard InChI is InChI=1S/C14H15N3O3/c15-13(19)9-3-1-7-2-5-10(16-12(7)9)8-4-6-11(18)17-14(8)20/h2,5,8-9H,1,3-4,6H2,(H2,15,19)(H,17,18,20)/t8-,9?/m1/s1. The Bertz CT molecular complexity index is 612. The molecule has 1 aromatic heterocycles. The number of aryl methyl sites for hydroxylation is 1. The molecular formula is C14H15N3O3. The van der Waals surface area contributed by atoms with Gasteiger partial charge < -0.3 is 5.73 Å². The quantitative estimate of drug-likeness (QED) is 0.747. The second-order valence-electron chi connectivity index (χ2n) is 5.28. The van der Waals surface area contributed by atoms with Gasteiger partial charge in [-0.05, 0) is 30.9 Å². The van der Waals surface area contributed by atoms with Crippen molar-refractivity contribution in [1.29, 1.82) is 0 Å². The Balaban J connectivity index is 1.93. The zero-order chi connectivity index (χ0) is 14.3. The van der Waals surface area contributed by atoms with Crippen molar-refractivity contribution in [2.75, 3.05) is 0 Å². The molecule has 0 bridgehead atoms. The molecule has 0 saturated carbocycles. The predicted octanol–water partition coefficient (Wildman–Crippen LogP) is 0.117. The monoisotopic (exact) mass is 273 g/mol. The van der Waals surface area contributed by atoms with Crippen LogP contribution in [0.4, 0.5) is 0 Å². The van der Waals surface area contributed by atoms with Gasteiger partial charge in [0, 0.05) is 6.42 Å². The molecule has 20 heavy (non-hydrogen) atoms. The number of fused-ring (bicyclic) bond motifs is 1. The lowest BCUT2D eigenvalue weighted by Crippen LogP contribution is -2.39. The molecule has 1 unspecified atom stereocenters. The number of hydrogen-bond donors (Lipinski definition) is 2. The Kier molecular flexibility index (Phi) is 3.00. The van der Waals surface area contributed by atoms with Crippen LogP contribution in [-0.2, 0) is 20.8 Å². The highest BCUT2D eigenvalue weighted by atomic mass is 16.2. The molecule has 3 N–H and O–H groups in total. The Hall–Kier alpha value is -2.24. The molecule has 2 heterocycles. The molecule has 3 rings (SSSR count). The number of imide groups is 1. The van der Waals surface area contributed by atoms with E-state index < -0.39 is 5.92 Å². The van der Waals surface area contributed by atoms with Crippen LogP contribution < -0.4 is 11.1 Å². The van der Waals surface area contributed by atoms with E-state index in [2.05, 4.69) is 10.3 Å². The number of primary amides is 1. The minimum atomic E-state index is -0.424. The van der Waals surface area contributed by atoms with E-state index in [-0.39, 0.29) is 23.6 Å². The number of hydrogen-bond acceptors (Lipinski definition) is 4. The maximum absolute atomic E-state index is 11.9. The van der Waals surface area contributed by atoms with Crippen molar-refractivity contribution in [2.45, 2.75) is 37.5 Å². The molecule has 2 atom stereocenters. The van der Waals surface area contributed by atoms with Crippen molar-refractivity contribution in [3.8, 4) is 0 Å². The van der Waals surface area contributed by atoms with Crippen LogP contribution in [0.25, 0.3) is 0 Å². The maximum Gasteiger partial charge on any atom is 0.235 e. The maximum atomic E-state index is 11.9. The van der Waals surface area contributed by atoms with Gasteiger partial charge >= 0.3 is 0 Å². The molecule has 6 nitrogen and oxygen atoms in total. The number of nitrogens with two attached hydrogens (primary N) is 1. The highest BCUT2D eigenvalue weighted by molar-refractivity contribution is 6.00. The summed E-state index contributed by atoms with van der Waals surface area (Å²) in [4.78, 5) is 38.9. The number of nitrogens with zero attached hydrogens (tertiary/aromatic N) is 1. The van der Waals surface area contributed by atoms with Gasteiger partial charge in [0.25, 0.3) is 0 Å². The van der Waals surface area contributed by atoms with Crippen LogP contribution >= 0.6 is 0 Å². The van der Waals surface area contributed by atoms with E-state index in [1.807, 2.05) is 12.1 Å². The van der Waals surface area contributed by atoms with Crippen molar-refractivity contribution >= 4 is 17.7 Å². The second-order valence-corrected chi connectivity index (χ2v) is 5.28. The summed E-state index contributed by atoms with van der Waals surface area (Å²) in [6.45, 7) is 0. The Morgan fingerprint density at radius 1 is 1.25 bits per heavy atom. The molecule has 1 aliphatic carbocycles. The fourth-order valence-electron chi connectivity index (χ4n) is 2.92. The van der Waals surface area contributed by atoms with E-state index >= 15 is 0 Å². The zero-order valence-corrected chi connectivity index (χ0v) is 10.9. The first-order chi connectivity index (χ1) is 9.56. The molecule has 104 valence electrons. The van der Waals surface area contributed by atoms with Crippen molar-refractivity contribution in [3.63, 3.8) is 0 Å². The Morgan fingerprint density at radius 2 is 2.05 bits per heavy atom. The van der Waals surface area contributed by atoms with E-state index in [4.69, 9.17) is 5.73 Å². The summed E-state index contributed by atoms with van der Waals surface area (Å²) in [6, 6.07) is 3.71. The Morgan fingerprint density at radius 3 is 2.75 bits per heavy atom. The summed E-state index contributed by atoms with van der Waals surface area (Å²) in [7, 11) is 0. The van der Waals surface area contributed by atoms with Gasteiger partial charge in [0.05, 0.1) is 23.2 Å². The summed E-state index contributed by atoms with van der Waals surface area (Å²) < 4.78 is 0. The molecular weight excluding hydrogens is 258 g/mol. The minimum Gasteiger partial charge on any atom is -0.369 e. The first-order valence-electron chi connectivity index (χ1n) is 6.69. The van der Waals surface area contributed by atoms with Crippen LogP contribution in [-0.4, -0.2) is 22.7 Å². The van der Waals surface area contributed by atoms with Crippen molar-refractivity contribution in [2.24, 2.45) is 5.73 Å². The highest BCUT2D eigenvalue weighted by Gasteiger charge is 2.33. The van der Waals surface area contributed by atoms with Crippen molar-refractivity contribution < 1.29 is 14.4 Å². The van der Waals surface area contributed by atoms with E-state index in [9.17, 15) is 14.4 Å². The average molecular weight is 273 g/mol. The number of carbonyl (C=O) groups is 3. The van der Waals surface area contributed by atoms with Gasteiger partial charge in [0.1, 0.15) is 0 Å². The molecule has 0 radical (unpaired) electrons. The lowest BCUT2D eigenvalue weighted by Gasteiger charge is -2.21. The molecule has 6 heteroatoms. The van der Waals surface area contributed by atoms with Gasteiger partial charge in [-0.1, -0.05) is 6.07 Å². The summed E-state index contributed by atoms with van der Waals surface area (Å²) in [5.41, 5.74) is 7.71. The van der Waals surface area contributed by atoms with Gasteiger partial charge in [-0.2, -0.15) is 0 Å². The topological polar surface area (TPSA) is 102 Å². The van der Waals surface area contributed by atoms with Gasteiger partial charge in [0.15, 0.2) is 0 Å². The van der Waals surface area contributed by atoms with E-state index in [0.29, 0.717) is 30.7 Å². The van der Waals surface area contributed by atoms with Crippen LogP contribution in [0.15, 0.2) is 12.1 Å². The van der Waals surface area contributed by atoms with Gasteiger partial charge in [-0.25, -0.2) is 0 Å². The molecule has 3 amide bonds. The van der Waals surface area contributed by atoms with Crippen molar-refractivity contribution in [1.82, 2.24) is 10.3 Å². The zero-order valence-electron chi connectivity index (χ0n) is 10.9. The number of piperidine rings is 1. The first kappa shape index (κ1) is 12.8. The lowest BCUT2D eigenvalue weighted by molar-refractivity contribution is -0.134. The average Bonchev–Trinajstić information content (AvgIpc) is 2.81. The highest BCUT2D eigenvalue weighted by Crippen LogP contribution is 2.33. The Labute approximate surface area is 115 Å². The third kappa shape index (κ3) is 2.07. The van der Waals surface area contributed by atoms with Crippen LogP contribution in [0.3, 0.4) is 0 Å². The van der Waals surface area contributed by atoms with Gasteiger partial charge in [0.2, 0.25) is 17.7 Å². The second kappa shape index (κ2) is 4.70. The molecule has 0 aromatic carbocycles. The predicted molar refractivity (Wildman–Crippen MR) is 69.6 cm³/mol. The van der Waals surface area contributed by atoms with Crippen LogP contribution in [0.5, 0.6) is 0 Å². The lowest BCUT2D eigenvalue weighted by atomic mass is 9.93. The van der Waals surface area contributed by atoms with Crippen LogP contribution in [0.1, 0.15) is 48.0 Å². The summed E-state index contributed by atoms with van der Waals surface area (Å²) in [5, 5.41) is 2.32. The number of rotatable bonds is 2. The molecule has 2 aliphatic rings. The van der Waals surface area contributed by atoms with Crippen LogP contribution in [0, 0.1) is 0 Å². The number of carbonyl (C=O) groups excluding carboxylic acids is 3. The fourth-order valence-corrected chi connectivity index (χ4v) is 2.92. The molecule has 1 saturated heterocycles. The summed E-state index contributed by atoms with van der Waals surface area (Å²) in [6.07, 6.45) is 2.23. The van der Waals surface area contributed by atoms with E-state index in [0.717, 1.165) is 12.0 Å². The first-order valence-corrected chi connectivity index (χ1v) is 6.69. The third-order valence-electron chi connectivity index (χ3n) is 4.01. The fraction of sp³-hybridized carbons (Fsp3) is 0.429. The summed E-state index contributed by atoms with van der Waals surface area (Å²) in [5.74, 6) is -1.73. The summed E-state index contributed by atoms with van der Waals surface area (Å²) >= 11 is 0. The van der Waals surface area contributed by atoms with E-state index in [1.54, 1.807) is 0 Å². The number of amides is 3. The minimum absolute atomic E-state index is 0.248. The molecule has 0 spiro atoms. The smallest absolute Gasteiger partial charge is 0.235 e. The van der Waals surface area contributed by atoms with Gasteiger partial charge in [-0.3, -0.25) is 24.7 Å². The number of aromatic nitrogens is 1. The molecule has 1 fully saturated rings. The molecule has 1 aromatic rings. The normalized spacial score (nSPS) is 25.2. The largest absolute Gasteiger partial charge is 0.369 e. The molecule has 1 aliphatic heterocycles. The SMILES string of the molecule is NC(=O)C1CCc2ccc([C@H]3CCC(=O)NC3=O)nc21. The van der Waals surface area contributed by atoms with Crippen molar-refractivity contribution in [3.05, 3.63) is 29.1 Å². The van der Waals surface area contributed by atoms with Crippen LogP contribution in [0.2, 0.25) is 0 Å². The third-order valence-corrected chi connectivity index (χ3v) is 4.01. The number of pyridine rings is 1. The van der Waals surface area contributed by atoms with Gasteiger partial charge in [-0.15, -0.1) is 0 Å². The van der Waals surface area contributed by atoms with E-state index in [1.165, 1.54) is 0 Å².